The van der Waals surface area contributed by atoms with Gasteiger partial charge in [0.15, 0.2) is 0 Å². The van der Waals surface area contributed by atoms with Crippen molar-refractivity contribution in [2.75, 3.05) is 18.0 Å². The van der Waals surface area contributed by atoms with Crippen LogP contribution in [0.25, 0.3) is 0 Å². The first-order valence-corrected chi connectivity index (χ1v) is 6.19. The maximum atomic E-state index is 13.6. The van der Waals surface area contributed by atoms with Gasteiger partial charge in [-0.2, -0.15) is 5.26 Å². The van der Waals surface area contributed by atoms with Crippen LogP contribution in [0, 0.1) is 29.0 Å². The van der Waals surface area contributed by atoms with E-state index in [0.717, 1.165) is 0 Å². The lowest BCUT2D eigenvalue weighted by Crippen LogP contribution is -2.42. The summed E-state index contributed by atoms with van der Waals surface area (Å²) in [7, 11) is 0. The fourth-order valence-electron chi connectivity index (χ4n) is 2.61. The van der Waals surface area contributed by atoms with Crippen molar-refractivity contribution in [1.82, 2.24) is 0 Å². The van der Waals surface area contributed by atoms with Crippen LogP contribution in [-0.2, 0) is 4.79 Å². The molecule has 0 aromatic heterocycles. The summed E-state index contributed by atoms with van der Waals surface area (Å²) in [4.78, 5) is 12.9. The van der Waals surface area contributed by atoms with Gasteiger partial charge in [-0.05, 0) is 24.5 Å². The molecular formula is C14H15FN2O2. The summed E-state index contributed by atoms with van der Waals surface area (Å²) in [5, 5.41) is 18.2. The van der Waals surface area contributed by atoms with Crippen LogP contribution >= 0.6 is 0 Å². The Hall–Kier alpha value is -2.09. The molecule has 0 amide bonds. The zero-order chi connectivity index (χ0) is 14.0. The van der Waals surface area contributed by atoms with Crippen molar-refractivity contribution in [3.63, 3.8) is 0 Å². The molecule has 4 nitrogen and oxygen atoms in total. The third kappa shape index (κ3) is 2.68. The first-order chi connectivity index (χ1) is 9.02. The highest BCUT2D eigenvalue weighted by molar-refractivity contribution is 5.72. The quantitative estimate of drug-likeness (QED) is 0.887. The molecule has 0 bridgehead atoms. The van der Waals surface area contributed by atoms with E-state index in [0.29, 0.717) is 25.2 Å². The van der Waals surface area contributed by atoms with Gasteiger partial charge in [-0.1, -0.05) is 13.0 Å². The lowest BCUT2D eigenvalue weighted by molar-refractivity contribution is -0.142. The van der Waals surface area contributed by atoms with E-state index < -0.39 is 17.7 Å². The van der Waals surface area contributed by atoms with E-state index in [9.17, 15) is 9.18 Å². The number of aliphatic carboxylic acids is 1. The zero-order valence-corrected chi connectivity index (χ0v) is 10.6. The molecule has 1 heterocycles. The number of carboxylic acid groups (broad SMARTS) is 1. The summed E-state index contributed by atoms with van der Waals surface area (Å²) < 4.78 is 13.6. The predicted molar refractivity (Wildman–Crippen MR) is 68.2 cm³/mol. The summed E-state index contributed by atoms with van der Waals surface area (Å²) in [6.45, 7) is 2.92. The molecule has 100 valence electrons. The molecule has 2 atom stereocenters. The van der Waals surface area contributed by atoms with Crippen molar-refractivity contribution in [2.45, 2.75) is 13.3 Å². The Balaban J connectivity index is 2.34. The lowest BCUT2D eigenvalue weighted by atomic mass is 9.90. The van der Waals surface area contributed by atoms with Crippen molar-refractivity contribution in [1.29, 1.82) is 5.26 Å². The van der Waals surface area contributed by atoms with Crippen LogP contribution in [0.3, 0.4) is 0 Å². The van der Waals surface area contributed by atoms with Crippen molar-refractivity contribution < 1.29 is 14.3 Å². The van der Waals surface area contributed by atoms with Gasteiger partial charge in [0, 0.05) is 13.1 Å². The van der Waals surface area contributed by atoms with Gasteiger partial charge in [0.05, 0.1) is 11.6 Å². The van der Waals surface area contributed by atoms with E-state index in [1.807, 2.05) is 13.0 Å². The summed E-state index contributed by atoms with van der Waals surface area (Å²) in [6.07, 6.45) is 0.614. The molecule has 1 aromatic carbocycles. The molecule has 2 unspecified atom stereocenters. The Kier molecular flexibility index (Phi) is 3.70. The third-order valence-electron chi connectivity index (χ3n) is 3.45. The fourth-order valence-corrected chi connectivity index (χ4v) is 2.61. The lowest BCUT2D eigenvalue weighted by Gasteiger charge is -2.36. The Morgan fingerprint density at radius 1 is 1.53 bits per heavy atom. The molecule has 0 saturated carbocycles. The molecule has 1 fully saturated rings. The van der Waals surface area contributed by atoms with Gasteiger partial charge in [-0.3, -0.25) is 4.79 Å². The normalized spacial score (nSPS) is 22.9. The molecule has 0 radical (unpaired) electrons. The minimum atomic E-state index is -0.841. The van der Waals surface area contributed by atoms with Crippen LogP contribution in [0.15, 0.2) is 18.2 Å². The van der Waals surface area contributed by atoms with Crippen molar-refractivity contribution in [2.24, 2.45) is 11.8 Å². The predicted octanol–water partition coefficient (Wildman–Crippen LogP) is 2.24. The number of carbonyl (C=O) groups is 1. The van der Waals surface area contributed by atoms with Crippen molar-refractivity contribution in [3.8, 4) is 6.07 Å². The second-order valence-electron chi connectivity index (χ2n) is 5.03. The maximum absolute atomic E-state index is 13.6. The molecule has 1 N–H and O–H groups in total. The molecule has 2 rings (SSSR count). The summed E-state index contributed by atoms with van der Waals surface area (Å²) >= 11 is 0. The van der Waals surface area contributed by atoms with Crippen molar-refractivity contribution >= 4 is 11.7 Å². The van der Waals surface area contributed by atoms with E-state index in [4.69, 9.17) is 10.4 Å². The number of rotatable bonds is 2. The van der Waals surface area contributed by atoms with Gasteiger partial charge >= 0.3 is 5.97 Å². The second-order valence-corrected chi connectivity index (χ2v) is 5.03. The minimum absolute atomic E-state index is 0.0132. The van der Waals surface area contributed by atoms with Gasteiger partial charge in [0.25, 0.3) is 0 Å². The molecule has 5 heteroatoms. The first kappa shape index (κ1) is 13.3. The summed E-state index contributed by atoms with van der Waals surface area (Å²) in [5.74, 6) is -1.68. The van der Waals surface area contributed by atoms with E-state index >= 15 is 0 Å². The van der Waals surface area contributed by atoms with E-state index in [2.05, 4.69) is 0 Å². The van der Waals surface area contributed by atoms with Crippen LogP contribution < -0.4 is 4.90 Å². The molecule has 1 aliphatic heterocycles. The molecular weight excluding hydrogens is 247 g/mol. The highest BCUT2D eigenvalue weighted by Crippen LogP contribution is 2.29. The van der Waals surface area contributed by atoms with Crippen LogP contribution in [0.1, 0.15) is 18.9 Å². The average Bonchev–Trinajstić information content (AvgIpc) is 2.37. The number of nitriles is 1. The standard InChI is InChI=1S/C14H15FN2O2/c1-9-5-10(14(18)19)8-17(7-9)13-4-2-3-12(15)11(13)6-16/h2-4,9-10H,5,7-8H2,1H3,(H,18,19). The fraction of sp³-hybridized carbons (Fsp3) is 0.429. The topological polar surface area (TPSA) is 64.3 Å². The maximum Gasteiger partial charge on any atom is 0.308 e. The second kappa shape index (κ2) is 5.27. The summed E-state index contributed by atoms with van der Waals surface area (Å²) in [5.41, 5.74) is 0.473. The Labute approximate surface area is 111 Å². The summed E-state index contributed by atoms with van der Waals surface area (Å²) in [6, 6.07) is 6.30. The minimum Gasteiger partial charge on any atom is -0.481 e. The van der Waals surface area contributed by atoms with Crippen molar-refractivity contribution in [3.05, 3.63) is 29.6 Å². The molecule has 0 aliphatic carbocycles. The SMILES string of the molecule is CC1CC(C(=O)O)CN(c2cccc(F)c2C#N)C1. The van der Waals surface area contributed by atoms with Gasteiger partial charge in [0.1, 0.15) is 17.4 Å². The van der Waals surface area contributed by atoms with Crippen LogP contribution in [0.4, 0.5) is 10.1 Å². The van der Waals surface area contributed by atoms with Gasteiger partial charge in [0.2, 0.25) is 0 Å². The van der Waals surface area contributed by atoms with Crippen LogP contribution in [0.5, 0.6) is 0 Å². The Morgan fingerprint density at radius 2 is 2.26 bits per heavy atom. The number of benzene rings is 1. The number of hydrogen-bond donors (Lipinski definition) is 1. The monoisotopic (exact) mass is 262 g/mol. The average molecular weight is 262 g/mol. The van der Waals surface area contributed by atoms with Crippen LogP contribution in [0.2, 0.25) is 0 Å². The highest BCUT2D eigenvalue weighted by Gasteiger charge is 2.30. The zero-order valence-electron chi connectivity index (χ0n) is 10.6. The molecule has 1 aromatic rings. The largest absolute Gasteiger partial charge is 0.481 e. The molecule has 1 saturated heterocycles. The Morgan fingerprint density at radius 3 is 2.89 bits per heavy atom. The Bertz CT molecular complexity index is 539. The molecule has 0 spiro atoms. The van der Waals surface area contributed by atoms with E-state index in [1.165, 1.54) is 6.07 Å². The number of piperidine rings is 1. The van der Waals surface area contributed by atoms with E-state index in [1.54, 1.807) is 17.0 Å². The first-order valence-electron chi connectivity index (χ1n) is 6.19. The number of hydrogen-bond acceptors (Lipinski definition) is 3. The third-order valence-corrected chi connectivity index (χ3v) is 3.45. The number of carboxylic acids is 1. The van der Waals surface area contributed by atoms with Gasteiger partial charge < -0.3 is 10.0 Å². The van der Waals surface area contributed by atoms with Crippen LogP contribution in [-0.4, -0.2) is 24.2 Å². The number of nitrogens with zero attached hydrogens (tertiary/aromatic N) is 2. The molecule has 19 heavy (non-hydrogen) atoms. The van der Waals surface area contributed by atoms with Gasteiger partial charge in [-0.25, -0.2) is 4.39 Å². The van der Waals surface area contributed by atoms with Gasteiger partial charge in [-0.15, -0.1) is 0 Å². The number of anilines is 1. The van der Waals surface area contributed by atoms with E-state index in [-0.39, 0.29) is 11.5 Å². The smallest absolute Gasteiger partial charge is 0.308 e. The molecule has 1 aliphatic rings. The number of halogens is 1. The highest BCUT2D eigenvalue weighted by atomic mass is 19.1.